The van der Waals surface area contributed by atoms with Gasteiger partial charge in [-0.15, -0.1) is 0 Å². The Kier molecular flexibility index (Phi) is 6.81. The molecule has 1 aliphatic heterocycles. The van der Waals surface area contributed by atoms with E-state index in [0.29, 0.717) is 17.7 Å². The summed E-state index contributed by atoms with van der Waals surface area (Å²) in [5.74, 6) is -0.404. The van der Waals surface area contributed by atoms with Gasteiger partial charge in [-0.05, 0) is 43.1 Å². The molecule has 2 aromatic carbocycles. The number of rotatable bonds is 8. The van der Waals surface area contributed by atoms with E-state index < -0.39 is 5.82 Å². The van der Waals surface area contributed by atoms with Crippen LogP contribution in [0.3, 0.4) is 0 Å². The summed E-state index contributed by atoms with van der Waals surface area (Å²) in [6, 6.07) is 8.70. The van der Waals surface area contributed by atoms with Gasteiger partial charge in [0.05, 0.1) is 19.8 Å². The van der Waals surface area contributed by atoms with Crippen LogP contribution in [-0.2, 0) is 17.8 Å². The molecule has 0 spiro atoms. The monoisotopic (exact) mass is 390 g/mol. The summed E-state index contributed by atoms with van der Waals surface area (Å²) in [6.07, 6.45) is 2.30. The molecule has 0 aliphatic carbocycles. The smallest absolute Gasteiger partial charge is 0.237 e. The first-order valence-electron chi connectivity index (χ1n) is 9.31. The first-order chi connectivity index (χ1) is 13.6. The second-order valence-electron chi connectivity index (χ2n) is 6.69. The van der Waals surface area contributed by atoms with Crippen molar-refractivity contribution in [2.75, 3.05) is 20.3 Å². The SMILES string of the molecule is COc1cc(OCCc2ccc(F)cc2)c(F)cc1CNC(=O)[C@@H]1CCCN1. The average Bonchev–Trinajstić information content (AvgIpc) is 3.24. The second kappa shape index (κ2) is 9.50. The van der Waals surface area contributed by atoms with Gasteiger partial charge >= 0.3 is 0 Å². The first-order valence-corrected chi connectivity index (χ1v) is 9.31. The largest absolute Gasteiger partial charge is 0.496 e. The Labute approximate surface area is 163 Å². The van der Waals surface area contributed by atoms with E-state index in [4.69, 9.17) is 9.47 Å². The maximum atomic E-state index is 14.4. The van der Waals surface area contributed by atoms with Crippen molar-refractivity contribution in [2.24, 2.45) is 0 Å². The van der Waals surface area contributed by atoms with Crippen LogP contribution >= 0.6 is 0 Å². The van der Waals surface area contributed by atoms with E-state index in [1.54, 1.807) is 12.1 Å². The maximum Gasteiger partial charge on any atom is 0.237 e. The van der Waals surface area contributed by atoms with E-state index in [9.17, 15) is 13.6 Å². The molecule has 0 bridgehead atoms. The van der Waals surface area contributed by atoms with Crippen LogP contribution in [0.1, 0.15) is 24.0 Å². The van der Waals surface area contributed by atoms with Crippen LogP contribution in [0.15, 0.2) is 36.4 Å². The fourth-order valence-corrected chi connectivity index (χ4v) is 3.16. The lowest BCUT2D eigenvalue weighted by molar-refractivity contribution is -0.122. The van der Waals surface area contributed by atoms with Crippen LogP contribution < -0.4 is 20.1 Å². The molecule has 0 radical (unpaired) electrons. The molecule has 1 fully saturated rings. The molecular weight excluding hydrogens is 366 g/mol. The van der Waals surface area contributed by atoms with Crippen molar-refractivity contribution in [3.8, 4) is 11.5 Å². The predicted octanol–water partition coefficient (Wildman–Crippen LogP) is 2.96. The lowest BCUT2D eigenvalue weighted by Gasteiger charge is -2.15. The summed E-state index contributed by atoms with van der Waals surface area (Å²) in [5, 5.41) is 5.94. The molecule has 3 rings (SSSR count). The van der Waals surface area contributed by atoms with Crippen molar-refractivity contribution in [1.82, 2.24) is 10.6 Å². The summed E-state index contributed by atoms with van der Waals surface area (Å²) >= 11 is 0. The van der Waals surface area contributed by atoms with Gasteiger partial charge < -0.3 is 20.1 Å². The molecule has 0 unspecified atom stereocenters. The highest BCUT2D eigenvalue weighted by Gasteiger charge is 2.22. The Morgan fingerprint density at radius 2 is 2.00 bits per heavy atom. The third-order valence-electron chi connectivity index (χ3n) is 4.73. The Morgan fingerprint density at radius 1 is 1.21 bits per heavy atom. The highest BCUT2D eigenvalue weighted by atomic mass is 19.1. The Balaban J connectivity index is 1.58. The highest BCUT2D eigenvalue weighted by Crippen LogP contribution is 2.28. The lowest BCUT2D eigenvalue weighted by Crippen LogP contribution is -2.40. The quantitative estimate of drug-likeness (QED) is 0.728. The third-order valence-corrected chi connectivity index (χ3v) is 4.73. The first kappa shape index (κ1) is 20.1. The van der Waals surface area contributed by atoms with Crippen LogP contribution in [0.25, 0.3) is 0 Å². The van der Waals surface area contributed by atoms with Crippen LogP contribution in [0.4, 0.5) is 8.78 Å². The number of carbonyl (C=O) groups excluding carboxylic acids is 1. The van der Waals surface area contributed by atoms with Gasteiger partial charge in [0, 0.05) is 24.6 Å². The van der Waals surface area contributed by atoms with Gasteiger partial charge in [0.2, 0.25) is 5.91 Å². The van der Waals surface area contributed by atoms with E-state index in [1.165, 1.54) is 31.4 Å². The number of carbonyl (C=O) groups is 1. The van der Waals surface area contributed by atoms with Gasteiger partial charge in [-0.1, -0.05) is 12.1 Å². The van der Waals surface area contributed by atoms with Crippen molar-refractivity contribution in [1.29, 1.82) is 0 Å². The normalized spacial score (nSPS) is 16.0. The number of hydrogen-bond acceptors (Lipinski definition) is 4. The fourth-order valence-electron chi connectivity index (χ4n) is 3.16. The van der Waals surface area contributed by atoms with Crippen LogP contribution in [-0.4, -0.2) is 32.2 Å². The number of hydrogen-bond donors (Lipinski definition) is 2. The predicted molar refractivity (Wildman–Crippen MR) is 101 cm³/mol. The third kappa shape index (κ3) is 5.19. The van der Waals surface area contributed by atoms with Gasteiger partial charge in [0.15, 0.2) is 11.6 Å². The molecule has 1 atom stereocenters. The molecule has 1 saturated heterocycles. The Hall–Kier alpha value is -2.67. The maximum absolute atomic E-state index is 14.4. The highest BCUT2D eigenvalue weighted by molar-refractivity contribution is 5.82. The minimum Gasteiger partial charge on any atom is -0.496 e. The Morgan fingerprint density at radius 3 is 2.68 bits per heavy atom. The minimum atomic E-state index is -0.525. The van der Waals surface area contributed by atoms with Crippen molar-refractivity contribution in [3.05, 3.63) is 59.2 Å². The zero-order valence-corrected chi connectivity index (χ0v) is 15.8. The summed E-state index contributed by atoms with van der Waals surface area (Å²) < 4.78 is 38.2. The van der Waals surface area contributed by atoms with Gasteiger partial charge in [0.1, 0.15) is 11.6 Å². The molecule has 7 heteroatoms. The number of benzene rings is 2. The van der Waals surface area contributed by atoms with Gasteiger partial charge in [-0.2, -0.15) is 0 Å². The molecule has 0 aromatic heterocycles. The van der Waals surface area contributed by atoms with Crippen LogP contribution in [0, 0.1) is 11.6 Å². The summed E-state index contributed by atoms with van der Waals surface area (Å²) in [7, 11) is 1.49. The summed E-state index contributed by atoms with van der Waals surface area (Å²) in [6.45, 7) is 1.25. The molecule has 1 aliphatic rings. The lowest BCUT2D eigenvalue weighted by atomic mass is 10.1. The summed E-state index contributed by atoms with van der Waals surface area (Å²) in [5.41, 5.74) is 1.44. The molecular formula is C21H24F2N2O3. The van der Waals surface area contributed by atoms with E-state index in [1.807, 2.05) is 0 Å². The second-order valence-corrected chi connectivity index (χ2v) is 6.69. The van der Waals surface area contributed by atoms with Gasteiger partial charge in [-0.3, -0.25) is 4.79 Å². The fraction of sp³-hybridized carbons (Fsp3) is 0.381. The average molecular weight is 390 g/mol. The topological polar surface area (TPSA) is 59.6 Å². The van der Waals surface area contributed by atoms with Gasteiger partial charge in [0.25, 0.3) is 0 Å². The molecule has 2 aromatic rings. The van der Waals surface area contributed by atoms with Crippen LogP contribution in [0.2, 0.25) is 0 Å². The number of halogens is 2. The van der Waals surface area contributed by atoms with Crippen molar-refractivity contribution in [2.45, 2.75) is 31.8 Å². The molecule has 0 saturated carbocycles. The van der Waals surface area contributed by atoms with E-state index in [-0.39, 0.29) is 36.7 Å². The van der Waals surface area contributed by atoms with E-state index >= 15 is 0 Å². The molecule has 5 nitrogen and oxygen atoms in total. The van der Waals surface area contributed by atoms with Gasteiger partial charge in [-0.25, -0.2) is 8.78 Å². The van der Waals surface area contributed by atoms with Crippen molar-refractivity contribution < 1.29 is 23.0 Å². The molecule has 1 amide bonds. The molecule has 28 heavy (non-hydrogen) atoms. The number of methoxy groups -OCH3 is 1. The summed E-state index contributed by atoms with van der Waals surface area (Å²) in [4.78, 5) is 12.1. The van der Waals surface area contributed by atoms with Crippen LogP contribution in [0.5, 0.6) is 11.5 Å². The molecule has 2 N–H and O–H groups in total. The zero-order chi connectivity index (χ0) is 19.9. The molecule has 1 heterocycles. The van der Waals surface area contributed by atoms with E-state index in [2.05, 4.69) is 10.6 Å². The standard InChI is InChI=1S/C21H24F2N2O3/c1-27-19-12-20(28-10-8-14-4-6-16(22)7-5-14)17(23)11-15(19)13-25-21(26)18-3-2-9-24-18/h4-7,11-12,18,24H,2-3,8-10,13H2,1H3,(H,25,26)/t18-/m0/s1. The van der Waals surface area contributed by atoms with E-state index in [0.717, 1.165) is 24.9 Å². The molecule has 150 valence electrons. The number of amides is 1. The van der Waals surface area contributed by atoms with Crippen molar-refractivity contribution >= 4 is 5.91 Å². The minimum absolute atomic E-state index is 0.0755. The zero-order valence-electron chi connectivity index (χ0n) is 15.8. The number of ether oxygens (including phenoxy) is 2. The number of nitrogens with one attached hydrogen (secondary N) is 2. The van der Waals surface area contributed by atoms with Crippen molar-refractivity contribution in [3.63, 3.8) is 0 Å². The Bertz CT molecular complexity index is 806.